The Morgan fingerprint density at radius 3 is 0.800 bits per heavy atom. The second-order valence-corrected chi connectivity index (χ2v) is 1.70. The second kappa shape index (κ2) is 16.9. The van der Waals surface area contributed by atoms with Crippen LogP contribution in [-0.4, -0.2) is 37.5 Å². The first kappa shape index (κ1) is 22.6. The number of rotatable bonds is 0. The minimum atomic E-state index is -3.13. The minimum Gasteiger partial charge on any atom is -0.511 e. The Hall–Kier alpha value is 1.57. The maximum Gasteiger partial charge on any atom is 0.761 e. The van der Waals surface area contributed by atoms with Crippen LogP contribution in [0.5, 0.6) is 0 Å². The van der Waals surface area contributed by atoms with Gasteiger partial charge in [-0.2, -0.15) is 0 Å². The molecule has 0 bridgehead atoms. The molecule has 0 aliphatic rings. The second-order valence-electron chi connectivity index (χ2n) is 0.565. The Kier molecular flexibility index (Phi) is 38.1. The van der Waals surface area contributed by atoms with Gasteiger partial charge in [-0.15, -0.1) is 0 Å². The molecule has 0 spiro atoms. The van der Waals surface area contributed by atoms with Gasteiger partial charge in [0.25, 0.3) is 0 Å². The van der Waals surface area contributed by atoms with Crippen LogP contribution in [0.4, 0.5) is 0 Å². The van der Waals surface area contributed by atoms with Crippen LogP contribution in [-0.2, 0) is 41.6 Å². The fourth-order valence-corrected chi connectivity index (χ4v) is 0. The fourth-order valence-electron chi connectivity index (χ4n) is 0. The first-order valence-corrected chi connectivity index (χ1v) is 3.91. The maximum absolute atomic E-state index is 8.74. The van der Waals surface area contributed by atoms with Gasteiger partial charge in [0, 0.05) is 69.6 Å². The molecule has 0 fully saturated rings. The van der Waals surface area contributed by atoms with E-state index in [0.29, 0.717) is 0 Å². The molecule has 0 amide bonds. The van der Waals surface area contributed by atoms with Crippen molar-refractivity contribution in [1.82, 2.24) is 0 Å². The number of hydrogen-bond donors (Lipinski definition) is 4. The van der Waals surface area contributed by atoms with Gasteiger partial charge in [0.15, 0.2) is 0 Å². The van der Waals surface area contributed by atoms with Gasteiger partial charge in [-0.3, -0.25) is 8.92 Å². The summed E-state index contributed by atoms with van der Waals surface area (Å²) >= 11 is 0. The summed E-state index contributed by atoms with van der Waals surface area (Å²) < 4.78 is 17.5. The standard InChI is InChI=1S/Lu.2H2O3Si.Y/c;2*1-4(2)3;/h;2*1-2H;. The van der Waals surface area contributed by atoms with E-state index in [1.165, 1.54) is 0 Å². The predicted molar refractivity (Wildman–Crippen MR) is 21.8 cm³/mol. The third-order valence-electron chi connectivity index (χ3n) is 0. The molecule has 0 rings (SSSR count). The summed E-state index contributed by atoms with van der Waals surface area (Å²) in [5.74, 6) is 0. The Morgan fingerprint density at radius 2 is 0.800 bits per heavy atom. The SMILES string of the molecule is O=[Si](O)O.O=[Si](O)O.[Lu].[Y]. The van der Waals surface area contributed by atoms with Crippen LogP contribution in [0.25, 0.3) is 0 Å². The molecule has 0 unspecified atom stereocenters. The number of hydrogen-bond acceptors (Lipinski definition) is 2. The average molecular weight is 420 g/mol. The van der Waals surface area contributed by atoms with Crippen molar-refractivity contribution in [1.29, 1.82) is 0 Å². The summed E-state index contributed by atoms with van der Waals surface area (Å²) in [6, 6.07) is 0. The van der Waals surface area contributed by atoms with Crippen molar-refractivity contribution in [2.45, 2.75) is 0 Å². The van der Waals surface area contributed by atoms with E-state index in [4.69, 9.17) is 28.1 Å². The zero-order chi connectivity index (χ0) is 7.15. The molecule has 0 aromatic rings. The van der Waals surface area contributed by atoms with Crippen molar-refractivity contribution in [3.8, 4) is 0 Å². The van der Waals surface area contributed by atoms with Crippen molar-refractivity contribution < 1.29 is 97.7 Å². The fraction of sp³-hybridized carbons (Fsp3) is 0. The Morgan fingerprint density at radius 1 is 0.800 bits per heavy atom. The predicted octanol–water partition coefficient (Wildman–Crippen LogP) is -3.23. The van der Waals surface area contributed by atoms with Gasteiger partial charge in [0.05, 0.1) is 0 Å². The largest absolute Gasteiger partial charge is 0.761 e. The average Bonchev–Trinajstić information content (AvgIpc) is 1.25. The molecule has 0 saturated heterocycles. The zero-order valence-corrected chi connectivity index (χ0v) is 10.9. The molecule has 10 heavy (non-hydrogen) atoms. The van der Waals surface area contributed by atoms with E-state index in [1.807, 2.05) is 0 Å². The van der Waals surface area contributed by atoms with Gasteiger partial charge in [0.2, 0.25) is 0 Å². The summed E-state index contributed by atoms with van der Waals surface area (Å²) in [5, 5.41) is 0. The summed E-state index contributed by atoms with van der Waals surface area (Å²) in [4.78, 5) is 28.6. The molecule has 0 heterocycles. The van der Waals surface area contributed by atoms with Crippen molar-refractivity contribution in [2.24, 2.45) is 0 Å². The van der Waals surface area contributed by atoms with Crippen molar-refractivity contribution >= 4 is 18.3 Å². The molecular formula is H4LuO6Si2Y. The first-order chi connectivity index (χ1) is 3.46. The Labute approximate surface area is 114 Å². The summed E-state index contributed by atoms with van der Waals surface area (Å²) in [6.07, 6.45) is 0. The van der Waals surface area contributed by atoms with E-state index in [1.54, 1.807) is 0 Å². The molecule has 0 aliphatic heterocycles. The van der Waals surface area contributed by atoms with E-state index in [9.17, 15) is 0 Å². The minimum absolute atomic E-state index is 0. The molecular weight excluding hydrogens is 416 g/mol. The van der Waals surface area contributed by atoms with Gasteiger partial charge in [-0.05, 0) is 0 Å². The summed E-state index contributed by atoms with van der Waals surface area (Å²) in [6.45, 7) is 0. The van der Waals surface area contributed by atoms with Gasteiger partial charge in [-0.25, -0.2) is 0 Å². The third-order valence-corrected chi connectivity index (χ3v) is 0. The smallest absolute Gasteiger partial charge is 0.511 e. The normalized spacial score (nSPS) is 4.80. The molecule has 66 valence electrons. The van der Waals surface area contributed by atoms with E-state index in [2.05, 4.69) is 0 Å². The van der Waals surface area contributed by atoms with E-state index < -0.39 is 18.3 Å². The van der Waals surface area contributed by atoms with E-state index in [0.717, 1.165) is 0 Å². The Bertz CT molecular complexity index is 73.7. The van der Waals surface area contributed by atoms with Crippen molar-refractivity contribution in [3.05, 3.63) is 0 Å². The molecule has 0 aromatic carbocycles. The quantitative estimate of drug-likeness (QED) is 0.307. The van der Waals surface area contributed by atoms with E-state index in [-0.39, 0.29) is 69.6 Å². The van der Waals surface area contributed by atoms with Crippen LogP contribution >= 0.6 is 0 Å². The topological polar surface area (TPSA) is 115 Å². The van der Waals surface area contributed by atoms with Crippen LogP contribution < -0.4 is 0 Å². The van der Waals surface area contributed by atoms with Gasteiger partial charge in [0.1, 0.15) is 0 Å². The van der Waals surface area contributed by atoms with Gasteiger partial charge in [-0.1, -0.05) is 0 Å². The maximum atomic E-state index is 8.74. The molecule has 0 atom stereocenters. The molecule has 0 saturated carbocycles. The first-order valence-electron chi connectivity index (χ1n) is 1.30. The summed E-state index contributed by atoms with van der Waals surface area (Å²) in [7, 11) is -6.26. The van der Waals surface area contributed by atoms with Gasteiger partial charge >= 0.3 is 18.3 Å². The molecule has 0 aromatic heterocycles. The molecule has 4 N–H and O–H groups in total. The Balaban J connectivity index is -0.0000000300. The van der Waals surface area contributed by atoms with Crippen molar-refractivity contribution in [3.63, 3.8) is 0 Å². The van der Waals surface area contributed by atoms with Crippen LogP contribution in [0.1, 0.15) is 0 Å². The van der Waals surface area contributed by atoms with Crippen LogP contribution in [0.15, 0.2) is 0 Å². The monoisotopic (exact) mass is 420 g/mol. The van der Waals surface area contributed by atoms with Crippen LogP contribution in [0.3, 0.4) is 0 Å². The molecule has 2 radical (unpaired) electrons. The van der Waals surface area contributed by atoms with Crippen molar-refractivity contribution in [2.75, 3.05) is 0 Å². The summed E-state index contributed by atoms with van der Waals surface area (Å²) in [5.41, 5.74) is 0. The van der Waals surface area contributed by atoms with Crippen LogP contribution in [0.2, 0.25) is 0 Å². The molecule has 0 aliphatic carbocycles. The molecule has 6 nitrogen and oxygen atoms in total. The van der Waals surface area contributed by atoms with Gasteiger partial charge < -0.3 is 19.2 Å². The van der Waals surface area contributed by atoms with Crippen LogP contribution in [0, 0.1) is 36.9 Å². The third kappa shape index (κ3) is 285. The van der Waals surface area contributed by atoms with E-state index >= 15 is 0 Å². The molecule has 10 heteroatoms. The zero-order valence-electron chi connectivity index (χ0n) is 4.44.